The van der Waals surface area contributed by atoms with Gasteiger partial charge in [0, 0.05) is 5.02 Å². The van der Waals surface area contributed by atoms with E-state index in [0.29, 0.717) is 5.02 Å². The molecular formula is C13H12ClF6N3O4. The van der Waals surface area contributed by atoms with Crippen LogP contribution in [-0.4, -0.2) is 44.5 Å². The molecule has 0 aliphatic rings. The summed E-state index contributed by atoms with van der Waals surface area (Å²) in [4.78, 5) is 25.2. The van der Waals surface area contributed by atoms with Crippen molar-refractivity contribution in [3.05, 3.63) is 29.0 Å². The summed E-state index contributed by atoms with van der Waals surface area (Å²) >= 11 is 5.83. The lowest BCUT2D eigenvalue weighted by Crippen LogP contribution is -2.21. The number of benzene rings is 1. The number of carbonyl (C=O) groups is 2. The molecule has 27 heavy (non-hydrogen) atoms. The van der Waals surface area contributed by atoms with Crippen molar-refractivity contribution in [2.45, 2.75) is 25.3 Å². The average Bonchev–Trinajstić information content (AvgIpc) is 2.89. The molecule has 0 fully saturated rings. The third kappa shape index (κ3) is 9.10. The van der Waals surface area contributed by atoms with E-state index < -0.39 is 24.3 Å². The molecule has 1 aromatic carbocycles. The van der Waals surface area contributed by atoms with Crippen LogP contribution in [0.25, 0.3) is 11.0 Å². The fraction of sp³-hybridized carbons (Fsp3) is 0.308. The van der Waals surface area contributed by atoms with Crippen LogP contribution >= 0.6 is 11.6 Å². The summed E-state index contributed by atoms with van der Waals surface area (Å²) in [5, 5.41) is 15.0. The van der Waals surface area contributed by atoms with Crippen molar-refractivity contribution < 1.29 is 46.1 Å². The number of rotatable bonds is 1. The average molecular weight is 424 g/mol. The van der Waals surface area contributed by atoms with Crippen molar-refractivity contribution in [2.24, 2.45) is 5.73 Å². The van der Waals surface area contributed by atoms with E-state index in [-0.39, 0.29) is 6.04 Å². The summed E-state index contributed by atoms with van der Waals surface area (Å²) in [6.07, 6.45) is -10.2. The van der Waals surface area contributed by atoms with Crippen LogP contribution in [0.1, 0.15) is 18.8 Å². The van der Waals surface area contributed by atoms with Crippen LogP contribution < -0.4 is 5.73 Å². The molecule has 5 N–H and O–H groups in total. The zero-order valence-electron chi connectivity index (χ0n) is 13.2. The maximum Gasteiger partial charge on any atom is 0.490 e. The Morgan fingerprint density at radius 3 is 1.85 bits per heavy atom. The van der Waals surface area contributed by atoms with Gasteiger partial charge in [-0.3, -0.25) is 0 Å². The summed E-state index contributed by atoms with van der Waals surface area (Å²) < 4.78 is 63.5. The van der Waals surface area contributed by atoms with Gasteiger partial charge in [-0.1, -0.05) is 11.6 Å². The van der Waals surface area contributed by atoms with Gasteiger partial charge in [-0.25, -0.2) is 14.6 Å². The lowest BCUT2D eigenvalue weighted by molar-refractivity contribution is -0.193. The van der Waals surface area contributed by atoms with Gasteiger partial charge in [-0.15, -0.1) is 0 Å². The predicted molar refractivity (Wildman–Crippen MR) is 81.1 cm³/mol. The van der Waals surface area contributed by atoms with E-state index in [1.165, 1.54) is 0 Å². The van der Waals surface area contributed by atoms with E-state index in [4.69, 9.17) is 37.1 Å². The second-order valence-corrected chi connectivity index (χ2v) is 5.11. The van der Waals surface area contributed by atoms with Crippen LogP contribution in [0.2, 0.25) is 5.02 Å². The minimum atomic E-state index is -5.08. The molecule has 14 heteroatoms. The van der Waals surface area contributed by atoms with Gasteiger partial charge < -0.3 is 20.9 Å². The number of aromatic amines is 1. The first-order chi connectivity index (χ1) is 12.1. The lowest BCUT2D eigenvalue weighted by atomic mass is 10.3. The lowest BCUT2D eigenvalue weighted by Gasteiger charge is -1.96. The third-order valence-electron chi connectivity index (χ3n) is 2.38. The minimum absolute atomic E-state index is 0.0776. The molecule has 2 aromatic rings. The molecule has 1 atom stereocenters. The largest absolute Gasteiger partial charge is 0.490 e. The Morgan fingerprint density at radius 2 is 1.52 bits per heavy atom. The van der Waals surface area contributed by atoms with E-state index in [2.05, 4.69) is 9.97 Å². The molecule has 0 unspecified atom stereocenters. The number of hydrogen-bond acceptors (Lipinski definition) is 4. The first-order valence-electron chi connectivity index (χ1n) is 6.56. The first kappa shape index (κ1) is 24.5. The SMILES string of the molecule is C[C@H](N)c1nc2ccc(Cl)cc2[nH]1.O=C(O)C(F)(F)F.O=C(O)C(F)(F)F. The molecule has 0 bridgehead atoms. The van der Waals surface area contributed by atoms with Gasteiger partial charge in [-0.2, -0.15) is 26.3 Å². The summed E-state index contributed by atoms with van der Waals surface area (Å²) in [7, 11) is 0. The molecule has 1 aromatic heterocycles. The number of imidazole rings is 1. The Hall–Kier alpha value is -2.54. The van der Waals surface area contributed by atoms with Crippen LogP contribution in [0.4, 0.5) is 26.3 Å². The first-order valence-corrected chi connectivity index (χ1v) is 6.94. The van der Waals surface area contributed by atoms with Gasteiger partial charge in [0.1, 0.15) is 5.82 Å². The van der Waals surface area contributed by atoms with Crippen molar-refractivity contribution >= 4 is 34.6 Å². The monoisotopic (exact) mass is 423 g/mol. The fourth-order valence-corrected chi connectivity index (χ4v) is 1.39. The zero-order chi connectivity index (χ0) is 21.6. The quantitative estimate of drug-likeness (QED) is 0.519. The maximum atomic E-state index is 10.6. The Kier molecular flexibility index (Phi) is 8.53. The molecule has 0 aliphatic carbocycles. The minimum Gasteiger partial charge on any atom is -0.475 e. The number of carboxylic acid groups (broad SMARTS) is 2. The van der Waals surface area contributed by atoms with Crippen molar-refractivity contribution in [1.82, 2.24) is 9.97 Å². The molecule has 0 amide bonds. The van der Waals surface area contributed by atoms with Gasteiger partial charge >= 0.3 is 24.3 Å². The number of H-pyrrole nitrogens is 1. The van der Waals surface area contributed by atoms with Gasteiger partial charge in [0.2, 0.25) is 0 Å². The van der Waals surface area contributed by atoms with Crippen molar-refractivity contribution in [3.63, 3.8) is 0 Å². The normalized spacial score (nSPS) is 12.3. The fourth-order valence-electron chi connectivity index (χ4n) is 1.22. The predicted octanol–water partition coefficient (Wildman–Crippen LogP) is 3.50. The summed E-state index contributed by atoms with van der Waals surface area (Å²) in [5.41, 5.74) is 7.52. The maximum absolute atomic E-state index is 10.6. The molecule has 0 aliphatic heterocycles. The van der Waals surface area contributed by atoms with E-state index in [1.54, 1.807) is 0 Å². The number of carboxylic acids is 2. The van der Waals surface area contributed by atoms with Crippen molar-refractivity contribution in [3.8, 4) is 0 Å². The molecule has 0 spiro atoms. The molecular weight excluding hydrogens is 412 g/mol. The molecule has 2 rings (SSSR count). The number of aliphatic carboxylic acids is 2. The summed E-state index contributed by atoms with van der Waals surface area (Å²) in [6.45, 7) is 1.89. The molecule has 7 nitrogen and oxygen atoms in total. The number of halogens is 7. The summed E-state index contributed by atoms with van der Waals surface area (Å²) in [5.74, 6) is -4.72. The standard InChI is InChI=1S/C9H10ClN3.2C2HF3O2/c1-5(11)9-12-7-3-2-6(10)4-8(7)13-9;2*3-2(4,5)1(6)7/h2-5H,11H2,1H3,(H,12,13);2*(H,6,7)/t5-;;/m0../s1. The van der Waals surface area contributed by atoms with Gasteiger partial charge in [-0.05, 0) is 25.1 Å². The Labute approximate surface area is 151 Å². The van der Waals surface area contributed by atoms with E-state index >= 15 is 0 Å². The number of nitrogens with two attached hydrogens (primary N) is 1. The van der Waals surface area contributed by atoms with Crippen molar-refractivity contribution in [1.29, 1.82) is 0 Å². The van der Waals surface area contributed by atoms with Crippen LogP contribution in [0.3, 0.4) is 0 Å². The Balaban J connectivity index is 0.000000416. The van der Waals surface area contributed by atoms with E-state index in [9.17, 15) is 26.3 Å². The highest BCUT2D eigenvalue weighted by atomic mass is 35.5. The molecule has 1 heterocycles. The van der Waals surface area contributed by atoms with Crippen LogP contribution in [-0.2, 0) is 9.59 Å². The van der Waals surface area contributed by atoms with Crippen molar-refractivity contribution in [2.75, 3.05) is 0 Å². The van der Waals surface area contributed by atoms with Gasteiger partial charge in [0.25, 0.3) is 0 Å². The van der Waals surface area contributed by atoms with E-state index in [1.807, 2.05) is 25.1 Å². The number of nitrogens with one attached hydrogen (secondary N) is 1. The number of fused-ring (bicyclic) bond motifs is 1. The van der Waals surface area contributed by atoms with Gasteiger partial charge in [0.05, 0.1) is 17.1 Å². The third-order valence-corrected chi connectivity index (χ3v) is 2.61. The number of aromatic nitrogens is 2. The smallest absolute Gasteiger partial charge is 0.475 e. The molecule has 0 radical (unpaired) electrons. The van der Waals surface area contributed by atoms with Crippen LogP contribution in [0, 0.1) is 0 Å². The molecule has 0 saturated heterocycles. The molecule has 0 saturated carbocycles. The number of hydrogen-bond donors (Lipinski definition) is 4. The number of nitrogens with zero attached hydrogens (tertiary/aromatic N) is 1. The number of alkyl halides is 6. The highest BCUT2D eigenvalue weighted by Crippen LogP contribution is 2.18. The highest BCUT2D eigenvalue weighted by molar-refractivity contribution is 6.31. The Morgan fingerprint density at radius 1 is 1.11 bits per heavy atom. The highest BCUT2D eigenvalue weighted by Gasteiger charge is 2.38. The molecule has 152 valence electrons. The van der Waals surface area contributed by atoms with Gasteiger partial charge in [0.15, 0.2) is 0 Å². The zero-order valence-corrected chi connectivity index (χ0v) is 13.9. The van der Waals surface area contributed by atoms with E-state index in [0.717, 1.165) is 16.9 Å². The topological polar surface area (TPSA) is 129 Å². The van der Waals surface area contributed by atoms with Crippen LogP contribution in [0.5, 0.6) is 0 Å². The summed E-state index contributed by atoms with van der Waals surface area (Å²) in [6, 6.07) is 5.46. The van der Waals surface area contributed by atoms with Crippen LogP contribution in [0.15, 0.2) is 18.2 Å². The second-order valence-electron chi connectivity index (χ2n) is 4.68. The Bertz CT molecular complexity index is 764. The second kappa shape index (κ2) is 9.41.